The van der Waals surface area contributed by atoms with E-state index in [-0.39, 0.29) is 6.10 Å². The highest BCUT2D eigenvalue weighted by Crippen LogP contribution is 2.51. The zero-order valence-electron chi connectivity index (χ0n) is 8.60. The third kappa shape index (κ3) is 1.62. The second-order valence-corrected chi connectivity index (χ2v) is 3.99. The number of aliphatic hydroxyl groups excluding tert-OH is 1. The first-order valence-corrected chi connectivity index (χ1v) is 5.05. The molecule has 1 aliphatic rings. The fraction of sp³-hybridized carbons (Fsp3) is 0.500. The summed E-state index contributed by atoms with van der Waals surface area (Å²) in [5.41, 5.74) is 1.24. The summed E-state index contributed by atoms with van der Waals surface area (Å²) in [6, 6.07) is 8.07. The number of ether oxygens (including phenoxy) is 1. The lowest BCUT2D eigenvalue weighted by molar-refractivity contribution is 0.168. The van der Waals surface area contributed by atoms with Crippen LogP contribution in [0.3, 0.4) is 0 Å². The normalized spacial score (nSPS) is 27.1. The maximum atomic E-state index is 9.45. The molecule has 0 aliphatic heterocycles. The maximum Gasteiger partial charge on any atom is 0.122 e. The molecular formula is C12H16O2. The average Bonchev–Trinajstić information content (AvgIpc) is 2.97. The first-order valence-electron chi connectivity index (χ1n) is 5.05. The first kappa shape index (κ1) is 9.53. The number of aliphatic hydroxyl groups is 1. The lowest BCUT2D eigenvalue weighted by Gasteiger charge is -2.08. The van der Waals surface area contributed by atoms with E-state index in [2.05, 4.69) is 6.07 Å². The SMILES string of the molecule is COc1ccccc1C1CC1C(C)O. The van der Waals surface area contributed by atoms with Crippen molar-refractivity contribution in [3.63, 3.8) is 0 Å². The van der Waals surface area contributed by atoms with Crippen LogP contribution in [0, 0.1) is 5.92 Å². The van der Waals surface area contributed by atoms with Crippen molar-refractivity contribution in [1.82, 2.24) is 0 Å². The second-order valence-electron chi connectivity index (χ2n) is 3.99. The Morgan fingerprint density at radius 1 is 1.43 bits per heavy atom. The van der Waals surface area contributed by atoms with Crippen LogP contribution in [0.4, 0.5) is 0 Å². The molecule has 0 radical (unpaired) electrons. The van der Waals surface area contributed by atoms with Crippen molar-refractivity contribution in [2.45, 2.75) is 25.4 Å². The van der Waals surface area contributed by atoms with E-state index >= 15 is 0 Å². The molecule has 2 nitrogen and oxygen atoms in total. The molecule has 0 saturated heterocycles. The summed E-state index contributed by atoms with van der Waals surface area (Å²) in [6.45, 7) is 1.86. The van der Waals surface area contributed by atoms with E-state index in [0.29, 0.717) is 11.8 Å². The lowest BCUT2D eigenvalue weighted by Crippen LogP contribution is -2.03. The van der Waals surface area contributed by atoms with Crippen molar-refractivity contribution in [2.75, 3.05) is 7.11 Å². The summed E-state index contributed by atoms with van der Waals surface area (Å²) in [5.74, 6) is 1.86. The van der Waals surface area contributed by atoms with Gasteiger partial charge in [-0.3, -0.25) is 0 Å². The lowest BCUT2D eigenvalue weighted by atomic mass is 10.1. The Kier molecular flexibility index (Phi) is 2.46. The number of hydrogen-bond donors (Lipinski definition) is 1. The molecule has 1 saturated carbocycles. The molecule has 2 heteroatoms. The van der Waals surface area contributed by atoms with Gasteiger partial charge in [0.15, 0.2) is 0 Å². The van der Waals surface area contributed by atoms with Crippen molar-refractivity contribution >= 4 is 0 Å². The van der Waals surface area contributed by atoms with Crippen LogP contribution >= 0.6 is 0 Å². The van der Waals surface area contributed by atoms with Crippen molar-refractivity contribution in [2.24, 2.45) is 5.92 Å². The Hall–Kier alpha value is -1.02. The van der Waals surface area contributed by atoms with Gasteiger partial charge in [-0.05, 0) is 36.8 Å². The highest BCUT2D eigenvalue weighted by Gasteiger charge is 2.42. The minimum absolute atomic E-state index is 0.204. The van der Waals surface area contributed by atoms with E-state index in [4.69, 9.17) is 4.74 Å². The van der Waals surface area contributed by atoms with E-state index in [1.807, 2.05) is 25.1 Å². The van der Waals surface area contributed by atoms with Crippen molar-refractivity contribution in [1.29, 1.82) is 0 Å². The fourth-order valence-corrected chi connectivity index (χ4v) is 2.08. The molecule has 1 N–H and O–H groups in total. The minimum atomic E-state index is -0.204. The van der Waals surface area contributed by atoms with Crippen LogP contribution in [0.2, 0.25) is 0 Å². The monoisotopic (exact) mass is 192 g/mol. The molecule has 1 fully saturated rings. The number of benzene rings is 1. The summed E-state index contributed by atoms with van der Waals surface area (Å²) in [4.78, 5) is 0. The molecule has 3 unspecified atom stereocenters. The molecule has 0 spiro atoms. The highest BCUT2D eigenvalue weighted by atomic mass is 16.5. The largest absolute Gasteiger partial charge is 0.496 e. The quantitative estimate of drug-likeness (QED) is 0.795. The van der Waals surface area contributed by atoms with Crippen LogP contribution in [0.1, 0.15) is 24.8 Å². The average molecular weight is 192 g/mol. The van der Waals surface area contributed by atoms with Crippen LogP contribution in [-0.2, 0) is 0 Å². The van der Waals surface area contributed by atoms with Gasteiger partial charge in [-0.25, -0.2) is 0 Å². The summed E-state index contributed by atoms with van der Waals surface area (Å²) >= 11 is 0. The first-order chi connectivity index (χ1) is 6.74. The van der Waals surface area contributed by atoms with Gasteiger partial charge in [0.1, 0.15) is 5.75 Å². The Morgan fingerprint density at radius 3 is 2.71 bits per heavy atom. The predicted molar refractivity (Wildman–Crippen MR) is 55.5 cm³/mol. The van der Waals surface area contributed by atoms with Crippen LogP contribution < -0.4 is 4.74 Å². The molecule has 76 valence electrons. The van der Waals surface area contributed by atoms with E-state index < -0.39 is 0 Å². The number of methoxy groups -OCH3 is 1. The third-order valence-corrected chi connectivity index (χ3v) is 3.00. The summed E-state index contributed by atoms with van der Waals surface area (Å²) in [6.07, 6.45) is 0.878. The van der Waals surface area contributed by atoms with Gasteiger partial charge in [0.2, 0.25) is 0 Å². The summed E-state index contributed by atoms with van der Waals surface area (Å²) in [7, 11) is 1.69. The number of rotatable bonds is 3. The molecule has 1 aliphatic carbocycles. The number of para-hydroxylation sites is 1. The zero-order chi connectivity index (χ0) is 10.1. The summed E-state index contributed by atoms with van der Waals surface area (Å²) < 4.78 is 5.29. The molecule has 2 rings (SSSR count). The fourth-order valence-electron chi connectivity index (χ4n) is 2.08. The van der Waals surface area contributed by atoms with E-state index in [0.717, 1.165) is 12.2 Å². The van der Waals surface area contributed by atoms with Crippen molar-refractivity contribution in [3.8, 4) is 5.75 Å². The maximum absolute atomic E-state index is 9.45. The van der Waals surface area contributed by atoms with E-state index in [1.54, 1.807) is 7.11 Å². The predicted octanol–water partition coefficient (Wildman–Crippen LogP) is 2.18. The van der Waals surface area contributed by atoms with Gasteiger partial charge >= 0.3 is 0 Å². The Bertz CT molecular complexity index is 320. The van der Waals surface area contributed by atoms with Crippen LogP contribution in [0.15, 0.2) is 24.3 Å². The van der Waals surface area contributed by atoms with Gasteiger partial charge in [-0.2, -0.15) is 0 Å². The molecule has 0 heterocycles. The molecular weight excluding hydrogens is 176 g/mol. The van der Waals surface area contributed by atoms with Gasteiger partial charge in [-0.15, -0.1) is 0 Å². The molecule has 1 aromatic rings. The van der Waals surface area contributed by atoms with Gasteiger partial charge in [0.25, 0.3) is 0 Å². The zero-order valence-corrected chi connectivity index (χ0v) is 8.60. The van der Waals surface area contributed by atoms with Crippen LogP contribution in [0.25, 0.3) is 0 Å². The van der Waals surface area contributed by atoms with Crippen molar-refractivity contribution < 1.29 is 9.84 Å². The van der Waals surface area contributed by atoms with Gasteiger partial charge < -0.3 is 9.84 Å². The molecule has 14 heavy (non-hydrogen) atoms. The van der Waals surface area contributed by atoms with Gasteiger partial charge in [-0.1, -0.05) is 18.2 Å². The molecule has 1 aromatic carbocycles. The third-order valence-electron chi connectivity index (χ3n) is 3.00. The topological polar surface area (TPSA) is 29.5 Å². The van der Waals surface area contributed by atoms with E-state index in [9.17, 15) is 5.11 Å². The summed E-state index contributed by atoms with van der Waals surface area (Å²) in [5, 5.41) is 9.45. The van der Waals surface area contributed by atoms with Crippen LogP contribution in [0.5, 0.6) is 5.75 Å². The van der Waals surface area contributed by atoms with Gasteiger partial charge in [0, 0.05) is 0 Å². The Morgan fingerprint density at radius 2 is 2.14 bits per heavy atom. The molecule has 0 bridgehead atoms. The standard InChI is InChI=1S/C12H16O2/c1-8(13)10-7-11(10)9-5-3-4-6-12(9)14-2/h3-6,8,10-11,13H,7H2,1-2H3. The Labute approximate surface area is 84.5 Å². The molecule has 0 aromatic heterocycles. The molecule has 3 atom stereocenters. The van der Waals surface area contributed by atoms with Gasteiger partial charge in [0.05, 0.1) is 13.2 Å². The minimum Gasteiger partial charge on any atom is -0.496 e. The van der Waals surface area contributed by atoms with E-state index in [1.165, 1.54) is 5.56 Å². The number of hydrogen-bond acceptors (Lipinski definition) is 2. The highest BCUT2D eigenvalue weighted by molar-refractivity contribution is 5.39. The van der Waals surface area contributed by atoms with Crippen molar-refractivity contribution in [3.05, 3.63) is 29.8 Å². The molecule has 0 amide bonds. The van der Waals surface area contributed by atoms with Crippen LogP contribution in [-0.4, -0.2) is 18.3 Å². The smallest absolute Gasteiger partial charge is 0.122 e. The Balaban J connectivity index is 2.18. The second kappa shape index (κ2) is 3.62.